The molecule has 1 aromatic rings. The summed E-state index contributed by atoms with van der Waals surface area (Å²) in [5, 5.41) is 6.09. The fourth-order valence-electron chi connectivity index (χ4n) is 2.65. The molecule has 1 aliphatic carbocycles. The third kappa shape index (κ3) is 6.22. The molecule has 2 amide bonds. The number of hydrogen-bond donors (Lipinski definition) is 4. The van der Waals surface area contributed by atoms with Gasteiger partial charge >= 0.3 is 0 Å². The van der Waals surface area contributed by atoms with Crippen molar-refractivity contribution in [3.05, 3.63) is 29.8 Å². The zero-order chi connectivity index (χ0) is 18.1. The van der Waals surface area contributed by atoms with Crippen LogP contribution in [-0.4, -0.2) is 36.1 Å². The number of carbonyl (C=O) groups excluding carboxylic acids is 2. The van der Waals surface area contributed by atoms with Crippen LogP contribution in [0.2, 0.25) is 0 Å². The molecule has 1 aliphatic rings. The Kier molecular flexibility index (Phi) is 7.46. The van der Waals surface area contributed by atoms with Gasteiger partial charge in [-0.05, 0) is 44.1 Å². The SMILES string of the molecule is CCOc1ccccc1C(=O)NCC(=O)NNC(=S)NC1CCCC1. The van der Waals surface area contributed by atoms with E-state index in [4.69, 9.17) is 17.0 Å². The summed E-state index contributed by atoms with van der Waals surface area (Å²) in [5.41, 5.74) is 5.51. The number of hydrogen-bond acceptors (Lipinski definition) is 4. The van der Waals surface area contributed by atoms with Crippen molar-refractivity contribution in [2.45, 2.75) is 38.6 Å². The maximum Gasteiger partial charge on any atom is 0.257 e. The second kappa shape index (κ2) is 9.83. The molecule has 0 aliphatic heterocycles. The zero-order valence-electron chi connectivity index (χ0n) is 14.3. The van der Waals surface area contributed by atoms with Crippen LogP contribution in [0.3, 0.4) is 0 Å². The summed E-state index contributed by atoms with van der Waals surface area (Å²) in [6.45, 7) is 2.13. The second-order valence-electron chi connectivity index (χ2n) is 5.74. The number of hydrazine groups is 1. The fourth-order valence-corrected chi connectivity index (χ4v) is 2.87. The summed E-state index contributed by atoms with van der Waals surface area (Å²) < 4.78 is 5.41. The Morgan fingerprint density at radius 2 is 1.92 bits per heavy atom. The molecule has 0 unspecified atom stereocenters. The molecular formula is C17H24N4O3S. The van der Waals surface area contributed by atoms with Crippen molar-refractivity contribution in [3.63, 3.8) is 0 Å². The van der Waals surface area contributed by atoms with Crippen molar-refractivity contribution in [2.24, 2.45) is 0 Å². The molecule has 1 fully saturated rings. The van der Waals surface area contributed by atoms with Gasteiger partial charge in [-0.1, -0.05) is 25.0 Å². The second-order valence-corrected chi connectivity index (χ2v) is 6.15. The molecule has 0 atom stereocenters. The molecule has 0 bridgehead atoms. The smallest absolute Gasteiger partial charge is 0.257 e. The first-order valence-corrected chi connectivity index (χ1v) is 8.86. The normalized spacial score (nSPS) is 13.8. The topological polar surface area (TPSA) is 91.5 Å². The molecule has 136 valence electrons. The number of thiocarbonyl (C=S) groups is 1. The Balaban J connectivity index is 1.72. The Morgan fingerprint density at radius 3 is 2.64 bits per heavy atom. The maximum atomic E-state index is 12.2. The van der Waals surface area contributed by atoms with Gasteiger partial charge in [0.25, 0.3) is 11.8 Å². The minimum absolute atomic E-state index is 0.168. The predicted molar refractivity (Wildman–Crippen MR) is 99.2 cm³/mol. The van der Waals surface area contributed by atoms with Crippen molar-refractivity contribution in [1.82, 2.24) is 21.5 Å². The lowest BCUT2D eigenvalue weighted by atomic mass is 10.2. The van der Waals surface area contributed by atoms with Gasteiger partial charge < -0.3 is 15.4 Å². The van der Waals surface area contributed by atoms with E-state index in [1.54, 1.807) is 24.3 Å². The molecule has 7 nitrogen and oxygen atoms in total. The molecule has 25 heavy (non-hydrogen) atoms. The highest BCUT2D eigenvalue weighted by molar-refractivity contribution is 7.80. The molecule has 0 spiro atoms. The summed E-state index contributed by atoms with van der Waals surface area (Å²) in [6, 6.07) is 7.26. The molecule has 0 aromatic heterocycles. The van der Waals surface area contributed by atoms with E-state index in [0.717, 1.165) is 12.8 Å². The average molecular weight is 364 g/mol. The quantitative estimate of drug-likeness (QED) is 0.449. The average Bonchev–Trinajstić information content (AvgIpc) is 3.11. The Bertz CT molecular complexity index is 618. The Morgan fingerprint density at radius 1 is 1.20 bits per heavy atom. The van der Waals surface area contributed by atoms with E-state index >= 15 is 0 Å². The van der Waals surface area contributed by atoms with Crippen LogP contribution in [-0.2, 0) is 4.79 Å². The van der Waals surface area contributed by atoms with E-state index in [2.05, 4.69) is 21.5 Å². The lowest BCUT2D eigenvalue weighted by Gasteiger charge is -2.16. The predicted octanol–water partition coefficient (Wildman–Crippen LogP) is 1.25. The minimum Gasteiger partial charge on any atom is -0.493 e. The minimum atomic E-state index is -0.391. The number of carbonyl (C=O) groups is 2. The number of amides is 2. The van der Waals surface area contributed by atoms with Gasteiger partial charge in [-0.3, -0.25) is 20.4 Å². The van der Waals surface area contributed by atoms with Crippen molar-refractivity contribution in [2.75, 3.05) is 13.2 Å². The first kappa shape index (κ1) is 19.0. The molecule has 0 heterocycles. The standard InChI is InChI=1S/C17H24N4O3S/c1-2-24-14-10-6-5-9-13(14)16(23)18-11-15(22)20-21-17(25)19-12-7-3-4-8-12/h5-6,9-10,12H,2-4,7-8,11H2,1H3,(H,18,23)(H,20,22)(H2,19,21,25). The van der Waals surface area contributed by atoms with Gasteiger partial charge in [0.15, 0.2) is 5.11 Å². The number of ether oxygens (including phenoxy) is 1. The maximum absolute atomic E-state index is 12.2. The number of para-hydroxylation sites is 1. The van der Waals surface area contributed by atoms with E-state index in [9.17, 15) is 9.59 Å². The Hall–Kier alpha value is -2.35. The van der Waals surface area contributed by atoms with Gasteiger partial charge in [-0.2, -0.15) is 0 Å². The molecule has 4 N–H and O–H groups in total. The van der Waals surface area contributed by atoms with E-state index in [0.29, 0.717) is 29.1 Å². The summed E-state index contributed by atoms with van der Waals surface area (Å²) in [4.78, 5) is 24.0. The highest BCUT2D eigenvalue weighted by Crippen LogP contribution is 2.18. The summed E-state index contributed by atoms with van der Waals surface area (Å²) in [6.07, 6.45) is 4.57. The van der Waals surface area contributed by atoms with E-state index in [1.165, 1.54) is 12.8 Å². The van der Waals surface area contributed by atoms with E-state index in [1.807, 2.05) is 6.92 Å². The highest BCUT2D eigenvalue weighted by Gasteiger charge is 2.16. The van der Waals surface area contributed by atoms with Crippen LogP contribution in [0.25, 0.3) is 0 Å². The zero-order valence-corrected chi connectivity index (χ0v) is 15.1. The van der Waals surface area contributed by atoms with Crippen molar-refractivity contribution in [3.8, 4) is 5.75 Å². The van der Waals surface area contributed by atoms with Crippen LogP contribution in [0, 0.1) is 0 Å². The van der Waals surface area contributed by atoms with Crippen molar-refractivity contribution < 1.29 is 14.3 Å². The van der Waals surface area contributed by atoms with Gasteiger partial charge in [0.05, 0.1) is 18.7 Å². The van der Waals surface area contributed by atoms with Gasteiger partial charge in [-0.25, -0.2) is 0 Å². The van der Waals surface area contributed by atoms with Crippen LogP contribution >= 0.6 is 12.2 Å². The van der Waals surface area contributed by atoms with E-state index in [-0.39, 0.29) is 12.5 Å². The van der Waals surface area contributed by atoms with Crippen LogP contribution in [0.1, 0.15) is 43.0 Å². The first-order valence-electron chi connectivity index (χ1n) is 8.45. The van der Waals surface area contributed by atoms with Gasteiger partial charge in [-0.15, -0.1) is 0 Å². The first-order chi connectivity index (χ1) is 12.1. The summed E-state index contributed by atoms with van der Waals surface area (Å²) in [5.74, 6) is -0.272. The molecule has 1 aromatic carbocycles. The number of rotatable bonds is 6. The fraction of sp³-hybridized carbons (Fsp3) is 0.471. The largest absolute Gasteiger partial charge is 0.493 e. The van der Waals surface area contributed by atoms with E-state index < -0.39 is 5.91 Å². The molecule has 1 saturated carbocycles. The lowest BCUT2D eigenvalue weighted by Crippen LogP contribution is -2.51. The number of nitrogens with one attached hydrogen (secondary N) is 4. The van der Waals surface area contributed by atoms with Gasteiger partial charge in [0.2, 0.25) is 0 Å². The molecule has 0 radical (unpaired) electrons. The van der Waals surface area contributed by atoms with Crippen LogP contribution in [0.15, 0.2) is 24.3 Å². The van der Waals surface area contributed by atoms with Crippen LogP contribution in [0.4, 0.5) is 0 Å². The summed E-state index contributed by atoms with van der Waals surface area (Å²) in [7, 11) is 0. The Labute approximate surface area is 152 Å². The lowest BCUT2D eigenvalue weighted by molar-refractivity contribution is -0.120. The molecular weight excluding hydrogens is 340 g/mol. The molecule has 8 heteroatoms. The van der Waals surface area contributed by atoms with Crippen molar-refractivity contribution >= 4 is 29.1 Å². The summed E-state index contributed by atoms with van der Waals surface area (Å²) >= 11 is 5.13. The van der Waals surface area contributed by atoms with Crippen molar-refractivity contribution in [1.29, 1.82) is 0 Å². The third-order valence-corrected chi connectivity index (χ3v) is 4.07. The number of benzene rings is 1. The molecule has 0 saturated heterocycles. The van der Waals surface area contributed by atoms with Gasteiger partial charge in [0, 0.05) is 6.04 Å². The monoisotopic (exact) mass is 364 g/mol. The van der Waals surface area contributed by atoms with Crippen LogP contribution in [0.5, 0.6) is 5.75 Å². The van der Waals surface area contributed by atoms with Gasteiger partial charge in [0.1, 0.15) is 5.75 Å². The van der Waals surface area contributed by atoms with Crippen LogP contribution < -0.4 is 26.2 Å². The molecule has 2 rings (SSSR count). The third-order valence-electron chi connectivity index (χ3n) is 3.85. The highest BCUT2D eigenvalue weighted by atomic mass is 32.1.